The van der Waals surface area contributed by atoms with Crippen LogP contribution in [0.1, 0.15) is 5.69 Å². The molecule has 0 aliphatic carbocycles. The van der Waals surface area contributed by atoms with Gasteiger partial charge in [-0.1, -0.05) is 17.7 Å². The molecule has 1 heterocycles. The lowest BCUT2D eigenvalue weighted by Gasteiger charge is -2.20. The zero-order chi connectivity index (χ0) is 11.8. The summed E-state index contributed by atoms with van der Waals surface area (Å²) in [5.74, 6) is 0. The van der Waals surface area contributed by atoms with Gasteiger partial charge in [0, 0.05) is 26.7 Å². The van der Waals surface area contributed by atoms with Crippen molar-refractivity contribution in [2.45, 2.75) is 6.54 Å². The van der Waals surface area contributed by atoms with Crippen LogP contribution in [0, 0.1) is 0 Å². The van der Waals surface area contributed by atoms with E-state index in [1.54, 1.807) is 13.2 Å². The zero-order valence-electron chi connectivity index (χ0n) is 9.40. The van der Waals surface area contributed by atoms with E-state index >= 15 is 0 Å². The highest BCUT2D eigenvalue weighted by Gasteiger charge is 2.06. The van der Waals surface area contributed by atoms with E-state index in [4.69, 9.17) is 21.4 Å². The summed E-state index contributed by atoms with van der Waals surface area (Å²) in [5, 5.41) is 9.43. The van der Waals surface area contributed by atoms with Gasteiger partial charge >= 0.3 is 0 Å². The molecule has 0 saturated heterocycles. The molecule has 0 spiro atoms. The third-order valence-electron chi connectivity index (χ3n) is 2.19. The molecule has 0 atom stereocenters. The first-order chi connectivity index (χ1) is 7.76. The summed E-state index contributed by atoms with van der Waals surface area (Å²) in [7, 11) is 1.66. The Hall–Kier alpha value is -0.680. The summed E-state index contributed by atoms with van der Waals surface area (Å²) in [6, 6.07) is 5.54. The van der Waals surface area contributed by atoms with Crippen molar-refractivity contribution >= 4 is 11.6 Å². The van der Waals surface area contributed by atoms with Crippen molar-refractivity contribution in [3.63, 3.8) is 0 Å². The summed E-state index contributed by atoms with van der Waals surface area (Å²) < 4.78 is 5.01. The Balaban J connectivity index is 2.52. The molecule has 0 amide bonds. The third kappa shape index (κ3) is 4.90. The van der Waals surface area contributed by atoms with Crippen molar-refractivity contribution in [3.05, 3.63) is 29.0 Å². The van der Waals surface area contributed by atoms with E-state index in [1.165, 1.54) is 0 Å². The van der Waals surface area contributed by atoms with Gasteiger partial charge in [-0.2, -0.15) is 0 Å². The largest absolute Gasteiger partial charge is 0.395 e. The molecule has 0 aromatic carbocycles. The highest BCUT2D eigenvalue weighted by atomic mass is 35.5. The fraction of sp³-hybridized carbons (Fsp3) is 0.545. The van der Waals surface area contributed by atoms with Crippen LogP contribution in [0.5, 0.6) is 0 Å². The van der Waals surface area contributed by atoms with Gasteiger partial charge in [-0.15, -0.1) is 0 Å². The molecule has 90 valence electrons. The minimum atomic E-state index is 0.129. The van der Waals surface area contributed by atoms with Gasteiger partial charge in [-0.25, -0.2) is 4.98 Å². The lowest BCUT2D eigenvalue weighted by Crippen LogP contribution is -2.30. The molecule has 5 heteroatoms. The monoisotopic (exact) mass is 244 g/mol. The van der Waals surface area contributed by atoms with Crippen LogP contribution in [0.2, 0.25) is 5.15 Å². The maximum atomic E-state index is 8.94. The average Bonchev–Trinajstić information content (AvgIpc) is 2.26. The summed E-state index contributed by atoms with van der Waals surface area (Å²) in [4.78, 5) is 6.28. The number of pyridine rings is 1. The fourth-order valence-electron chi connectivity index (χ4n) is 1.40. The number of nitrogens with zero attached hydrogens (tertiary/aromatic N) is 2. The third-order valence-corrected chi connectivity index (χ3v) is 2.40. The Morgan fingerprint density at radius 3 is 2.88 bits per heavy atom. The van der Waals surface area contributed by atoms with E-state index in [0.29, 0.717) is 24.8 Å². The van der Waals surface area contributed by atoms with Crippen molar-refractivity contribution in [1.29, 1.82) is 0 Å². The highest BCUT2D eigenvalue weighted by Crippen LogP contribution is 2.07. The number of aromatic nitrogens is 1. The molecular formula is C11H17ClN2O2. The fourth-order valence-corrected chi connectivity index (χ4v) is 1.58. The second-order valence-corrected chi connectivity index (χ2v) is 3.83. The van der Waals surface area contributed by atoms with Crippen LogP contribution >= 0.6 is 11.6 Å². The van der Waals surface area contributed by atoms with Gasteiger partial charge < -0.3 is 9.84 Å². The van der Waals surface area contributed by atoms with Gasteiger partial charge in [-0.05, 0) is 12.1 Å². The van der Waals surface area contributed by atoms with Gasteiger partial charge in [-0.3, -0.25) is 4.90 Å². The molecular weight excluding hydrogens is 228 g/mol. The zero-order valence-corrected chi connectivity index (χ0v) is 10.2. The molecule has 1 aromatic rings. The first-order valence-corrected chi connectivity index (χ1v) is 5.57. The van der Waals surface area contributed by atoms with E-state index < -0.39 is 0 Å². The van der Waals surface area contributed by atoms with Crippen LogP contribution in [0.3, 0.4) is 0 Å². The van der Waals surface area contributed by atoms with Crippen molar-refractivity contribution < 1.29 is 9.84 Å². The standard InChI is InChI=1S/C11H17ClN2O2/c1-16-8-6-14(5-7-15)9-10-3-2-4-11(12)13-10/h2-4,15H,5-9H2,1H3. The lowest BCUT2D eigenvalue weighted by molar-refractivity contribution is 0.126. The number of aliphatic hydroxyl groups is 1. The van der Waals surface area contributed by atoms with Crippen LogP contribution in [-0.2, 0) is 11.3 Å². The minimum absolute atomic E-state index is 0.129. The van der Waals surface area contributed by atoms with Gasteiger partial charge in [0.1, 0.15) is 5.15 Å². The quantitative estimate of drug-likeness (QED) is 0.732. The summed E-state index contributed by atoms with van der Waals surface area (Å²) >= 11 is 5.81. The second-order valence-electron chi connectivity index (χ2n) is 3.44. The molecule has 1 N–H and O–H groups in total. The van der Waals surface area contributed by atoms with Gasteiger partial charge in [0.2, 0.25) is 0 Å². The Morgan fingerprint density at radius 1 is 1.44 bits per heavy atom. The van der Waals surface area contributed by atoms with Crippen LogP contribution in [0.15, 0.2) is 18.2 Å². The number of ether oxygens (including phenoxy) is 1. The van der Waals surface area contributed by atoms with Crippen LogP contribution < -0.4 is 0 Å². The van der Waals surface area contributed by atoms with Crippen LogP contribution in [0.4, 0.5) is 0 Å². The molecule has 1 aromatic heterocycles. The molecule has 0 aliphatic rings. The lowest BCUT2D eigenvalue weighted by atomic mass is 10.3. The normalized spacial score (nSPS) is 11.0. The van der Waals surface area contributed by atoms with E-state index in [9.17, 15) is 0 Å². The van der Waals surface area contributed by atoms with E-state index in [1.807, 2.05) is 12.1 Å². The van der Waals surface area contributed by atoms with Crippen LogP contribution in [0.25, 0.3) is 0 Å². The van der Waals surface area contributed by atoms with Gasteiger partial charge in [0.25, 0.3) is 0 Å². The van der Waals surface area contributed by atoms with Crippen molar-refractivity contribution in [2.75, 3.05) is 33.4 Å². The van der Waals surface area contributed by atoms with E-state index in [2.05, 4.69) is 9.88 Å². The Morgan fingerprint density at radius 2 is 2.25 bits per heavy atom. The van der Waals surface area contributed by atoms with Crippen molar-refractivity contribution in [1.82, 2.24) is 9.88 Å². The molecule has 0 unspecified atom stereocenters. The van der Waals surface area contributed by atoms with Gasteiger partial charge in [0.15, 0.2) is 0 Å². The Bertz CT molecular complexity index is 310. The molecule has 0 bridgehead atoms. The molecule has 16 heavy (non-hydrogen) atoms. The Kier molecular flexibility index (Phi) is 6.33. The predicted octanol–water partition coefficient (Wildman–Crippen LogP) is 1.18. The maximum Gasteiger partial charge on any atom is 0.129 e. The highest BCUT2D eigenvalue weighted by molar-refractivity contribution is 6.29. The molecule has 0 aliphatic heterocycles. The number of hydrogen-bond donors (Lipinski definition) is 1. The smallest absolute Gasteiger partial charge is 0.129 e. The van der Waals surface area contributed by atoms with Gasteiger partial charge in [0.05, 0.1) is 18.9 Å². The number of halogens is 1. The molecule has 4 nitrogen and oxygen atoms in total. The van der Waals surface area contributed by atoms with E-state index in [-0.39, 0.29) is 6.61 Å². The number of aliphatic hydroxyl groups excluding tert-OH is 1. The Labute approximate surface area is 101 Å². The topological polar surface area (TPSA) is 45.6 Å². The van der Waals surface area contributed by atoms with Crippen LogP contribution in [-0.4, -0.2) is 48.4 Å². The molecule has 0 radical (unpaired) electrons. The van der Waals surface area contributed by atoms with Crippen molar-refractivity contribution in [3.8, 4) is 0 Å². The predicted molar refractivity (Wildman–Crippen MR) is 63.5 cm³/mol. The number of rotatable bonds is 7. The first kappa shape index (κ1) is 13.4. The average molecular weight is 245 g/mol. The maximum absolute atomic E-state index is 8.94. The summed E-state index contributed by atoms with van der Waals surface area (Å²) in [6.07, 6.45) is 0. The number of hydrogen-bond acceptors (Lipinski definition) is 4. The number of methoxy groups -OCH3 is 1. The van der Waals surface area contributed by atoms with E-state index in [0.717, 1.165) is 12.2 Å². The minimum Gasteiger partial charge on any atom is -0.395 e. The molecule has 0 fully saturated rings. The summed E-state index contributed by atoms with van der Waals surface area (Å²) in [5.41, 5.74) is 0.900. The SMILES string of the molecule is COCCN(CCO)Cc1cccc(Cl)n1. The second kappa shape index (κ2) is 7.57. The first-order valence-electron chi connectivity index (χ1n) is 5.20. The van der Waals surface area contributed by atoms with Crippen molar-refractivity contribution in [2.24, 2.45) is 0 Å². The molecule has 1 rings (SSSR count). The molecule has 0 saturated carbocycles. The summed E-state index contributed by atoms with van der Waals surface area (Å²) in [6.45, 7) is 2.82.